The zero-order valence-electron chi connectivity index (χ0n) is 10.5. The van der Waals surface area contributed by atoms with E-state index in [-0.39, 0.29) is 24.1 Å². The number of hydrogen-bond donors (Lipinski definition) is 2. The molecule has 0 spiro atoms. The van der Waals surface area contributed by atoms with Crippen molar-refractivity contribution >= 4 is 11.6 Å². The quantitative estimate of drug-likeness (QED) is 0.839. The van der Waals surface area contributed by atoms with Crippen LogP contribution in [0.3, 0.4) is 0 Å². The molecule has 1 aromatic rings. The van der Waals surface area contributed by atoms with E-state index >= 15 is 0 Å². The predicted octanol–water partition coefficient (Wildman–Crippen LogP) is 2.02. The van der Waals surface area contributed by atoms with Crippen molar-refractivity contribution in [1.82, 2.24) is 5.32 Å². The van der Waals surface area contributed by atoms with Crippen LogP contribution in [-0.4, -0.2) is 18.5 Å². The van der Waals surface area contributed by atoms with E-state index in [2.05, 4.69) is 10.6 Å². The number of halogens is 1. The van der Waals surface area contributed by atoms with E-state index in [1.807, 2.05) is 13.8 Å². The Kier molecular flexibility index (Phi) is 5.12. The summed E-state index contributed by atoms with van der Waals surface area (Å²) in [4.78, 5) is 11.5. The molecule has 0 saturated carbocycles. The fourth-order valence-electron chi connectivity index (χ4n) is 1.33. The van der Waals surface area contributed by atoms with E-state index < -0.39 is 5.82 Å². The first-order valence-electron chi connectivity index (χ1n) is 5.79. The highest BCUT2D eigenvalue weighted by atomic mass is 19.1. The van der Waals surface area contributed by atoms with Crippen LogP contribution < -0.4 is 10.6 Å². The Bertz CT molecular complexity index is 468. The van der Waals surface area contributed by atoms with Crippen LogP contribution in [0.25, 0.3) is 0 Å². The van der Waals surface area contributed by atoms with Gasteiger partial charge in [0, 0.05) is 11.7 Å². The largest absolute Gasteiger partial charge is 0.376 e. The average molecular weight is 249 g/mol. The maximum Gasteiger partial charge on any atom is 0.239 e. The number of nitrogens with zero attached hydrogens (tertiary/aromatic N) is 1. The molecule has 0 fully saturated rings. The Morgan fingerprint density at radius 3 is 2.89 bits per heavy atom. The van der Waals surface area contributed by atoms with Crippen LogP contribution in [0, 0.1) is 17.1 Å². The first kappa shape index (κ1) is 14.0. The van der Waals surface area contributed by atoms with Gasteiger partial charge in [0.05, 0.1) is 12.1 Å². The smallest absolute Gasteiger partial charge is 0.239 e. The van der Waals surface area contributed by atoms with Crippen LogP contribution in [-0.2, 0) is 4.79 Å². The molecule has 5 heteroatoms. The number of carbonyl (C=O) groups excluding carboxylic acids is 1. The molecule has 0 aliphatic heterocycles. The van der Waals surface area contributed by atoms with E-state index in [0.717, 1.165) is 6.42 Å². The summed E-state index contributed by atoms with van der Waals surface area (Å²) in [6.45, 7) is 4.00. The third kappa shape index (κ3) is 4.06. The lowest BCUT2D eigenvalue weighted by molar-refractivity contribution is -0.120. The number of carbonyl (C=O) groups is 1. The molecule has 1 amide bonds. The maximum absolute atomic E-state index is 13.1. The highest BCUT2D eigenvalue weighted by Crippen LogP contribution is 2.13. The molecular weight excluding hydrogens is 233 g/mol. The van der Waals surface area contributed by atoms with Gasteiger partial charge in [0.2, 0.25) is 5.91 Å². The molecule has 96 valence electrons. The lowest BCUT2D eigenvalue weighted by Gasteiger charge is -2.12. The van der Waals surface area contributed by atoms with Crippen molar-refractivity contribution in [2.24, 2.45) is 0 Å². The molecule has 0 aliphatic carbocycles. The molecule has 18 heavy (non-hydrogen) atoms. The Balaban J connectivity index is 2.54. The third-order valence-corrected chi connectivity index (χ3v) is 2.56. The maximum atomic E-state index is 13.1. The van der Waals surface area contributed by atoms with Gasteiger partial charge in [-0.3, -0.25) is 4.79 Å². The highest BCUT2D eigenvalue weighted by molar-refractivity contribution is 5.81. The molecule has 0 radical (unpaired) electrons. The SMILES string of the molecule is CCC(C)NC(=O)CNc1ccc(F)c(C#N)c1. The number of benzene rings is 1. The average Bonchev–Trinajstić information content (AvgIpc) is 2.37. The van der Waals surface area contributed by atoms with Crippen LogP contribution in [0.1, 0.15) is 25.8 Å². The molecule has 1 unspecified atom stereocenters. The molecule has 0 aromatic heterocycles. The van der Waals surface area contributed by atoms with Gasteiger partial charge in [0.1, 0.15) is 11.9 Å². The summed E-state index contributed by atoms with van der Waals surface area (Å²) in [6, 6.07) is 5.95. The zero-order chi connectivity index (χ0) is 13.5. The number of rotatable bonds is 5. The lowest BCUT2D eigenvalue weighted by atomic mass is 10.2. The molecule has 1 atom stereocenters. The van der Waals surface area contributed by atoms with E-state index in [1.54, 1.807) is 6.07 Å². The van der Waals surface area contributed by atoms with Gasteiger partial charge < -0.3 is 10.6 Å². The number of anilines is 1. The van der Waals surface area contributed by atoms with Crippen molar-refractivity contribution in [3.05, 3.63) is 29.6 Å². The van der Waals surface area contributed by atoms with Gasteiger partial charge in [-0.1, -0.05) is 6.92 Å². The van der Waals surface area contributed by atoms with Crippen LogP contribution in [0.2, 0.25) is 0 Å². The topological polar surface area (TPSA) is 64.9 Å². The van der Waals surface area contributed by atoms with Crippen molar-refractivity contribution < 1.29 is 9.18 Å². The summed E-state index contributed by atoms with van der Waals surface area (Å²) in [7, 11) is 0. The first-order valence-corrected chi connectivity index (χ1v) is 5.79. The second-order valence-electron chi connectivity index (χ2n) is 4.04. The Hall–Kier alpha value is -2.09. The van der Waals surface area contributed by atoms with Crippen LogP contribution in [0.5, 0.6) is 0 Å². The van der Waals surface area contributed by atoms with E-state index in [1.165, 1.54) is 18.2 Å². The second-order valence-corrected chi connectivity index (χ2v) is 4.04. The molecular formula is C13H16FN3O. The van der Waals surface area contributed by atoms with Crippen LogP contribution >= 0.6 is 0 Å². The van der Waals surface area contributed by atoms with Crippen molar-refractivity contribution in [3.63, 3.8) is 0 Å². The molecule has 1 rings (SSSR count). The van der Waals surface area contributed by atoms with Gasteiger partial charge in [0.25, 0.3) is 0 Å². The molecule has 1 aromatic carbocycles. The predicted molar refractivity (Wildman–Crippen MR) is 67.5 cm³/mol. The van der Waals surface area contributed by atoms with Crippen molar-refractivity contribution in [1.29, 1.82) is 5.26 Å². The lowest BCUT2D eigenvalue weighted by Crippen LogP contribution is -2.36. The van der Waals surface area contributed by atoms with Crippen LogP contribution in [0.4, 0.5) is 10.1 Å². The van der Waals surface area contributed by atoms with Gasteiger partial charge in [-0.25, -0.2) is 4.39 Å². The summed E-state index contributed by atoms with van der Waals surface area (Å²) < 4.78 is 13.1. The monoisotopic (exact) mass is 249 g/mol. The zero-order valence-corrected chi connectivity index (χ0v) is 10.5. The summed E-state index contributed by atoms with van der Waals surface area (Å²) in [5.74, 6) is -0.695. The number of nitrogens with one attached hydrogen (secondary N) is 2. The minimum Gasteiger partial charge on any atom is -0.376 e. The normalized spacial score (nSPS) is 11.4. The third-order valence-electron chi connectivity index (χ3n) is 2.56. The fourth-order valence-corrected chi connectivity index (χ4v) is 1.33. The van der Waals surface area contributed by atoms with Crippen LogP contribution in [0.15, 0.2) is 18.2 Å². The Morgan fingerprint density at radius 1 is 1.56 bits per heavy atom. The Labute approximate surface area is 106 Å². The summed E-state index contributed by atoms with van der Waals surface area (Å²) >= 11 is 0. The molecule has 2 N–H and O–H groups in total. The van der Waals surface area contributed by atoms with Crippen molar-refractivity contribution in [2.45, 2.75) is 26.3 Å². The summed E-state index contributed by atoms with van der Waals surface area (Å²) in [6.07, 6.45) is 0.862. The van der Waals surface area contributed by atoms with Gasteiger partial charge >= 0.3 is 0 Å². The number of amides is 1. The number of hydrogen-bond acceptors (Lipinski definition) is 3. The van der Waals surface area contributed by atoms with Gasteiger partial charge in [-0.2, -0.15) is 5.26 Å². The van der Waals surface area contributed by atoms with Crippen molar-refractivity contribution in [2.75, 3.05) is 11.9 Å². The van der Waals surface area contributed by atoms with Crippen molar-refractivity contribution in [3.8, 4) is 6.07 Å². The fraction of sp³-hybridized carbons (Fsp3) is 0.385. The molecule has 0 bridgehead atoms. The van der Waals surface area contributed by atoms with Gasteiger partial charge in [-0.05, 0) is 31.5 Å². The highest BCUT2D eigenvalue weighted by Gasteiger charge is 2.06. The molecule has 0 saturated heterocycles. The second kappa shape index (κ2) is 6.60. The standard InChI is InChI=1S/C13H16FN3O/c1-3-9(2)17-13(18)8-16-11-4-5-12(14)10(6-11)7-15/h4-6,9,16H,3,8H2,1-2H3,(H,17,18). The summed E-state index contributed by atoms with van der Waals surface area (Å²) in [5, 5.41) is 14.3. The minimum absolute atomic E-state index is 0.0395. The molecule has 0 heterocycles. The molecule has 4 nitrogen and oxygen atoms in total. The first-order chi connectivity index (χ1) is 8.56. The number of nitriles is 1. The van der Waals surface area contributed by atoms with E-state index in [4.69, 9.17) is 5.26 Å². The minimum atomic E-state index is -0.563. The van der Waals surface area contributed by atoms with E-state index in [9.17, 15) is 9.18 Å². The Morgan fingerprint density at radius 2 is 2.28 bits per heavy atom. The van der Waals surface area contributed by atoms with Gasteiger partial charge in [-0.15, -0.1) is 0 Å². The molecule has 0 aliphatic rings. The summed E-state index contributed by atoms with van der Waals surface area (Å²) in [5.41, 5.74) is 0.509. The van der Waals surface area contributed by atoms with E-state index in [0.29, 0.717) is 5.69 Å². The van der Waals surface area contributed by atoms with Gasteiger partial charge in [0.15, 0.2) is 0 Å².